The fourth-order valence-electron chi connectivity index (χ4n) is 4.21. The summed E-state index contributed by atoms with van der Waals surface area (Å²) in [5.74, 6) is 0.583. The average Bonchev–Trinajstić information content (AvgIpc) is 3.18. The summed E-state index contributed by atoms with van der Waals surface area (Å²) in [7, 11) is 0. The number of ketones is 1. The largest absolute Gasteiger partial charge is 0.508 e. The summed E-state index contributed by atoms with van der Waals surface area (Å²) in [6.45, 7) is 0.827. The highest BCUT2D eigenvalue weighted by Gasteiger charge is 2.33. The minimum atomic E-state index is -4.16. The average molecular weight is 514 g/mol. The summed E-state index contributed by atoms with van der Waals surface area (Å²) in [5, 5.41) is 20.3. The maximum Gasteiger partial charge on any atom is 0.390 e. The van der Waals surface area contributed by atoms with Crippen molar-refractivity contribution >= 4 is 27.2 Å². The van der Waals surface area contributed by atoms with Crippen LogP contribution in [0.1, 0.15) is 22.3 Å². The summed E-state index contributed by atoms with van der Waals surface area (Å²) in [4.78, 5) is 16.0. The van der Waals surface area contributed by atoms with Crippen molar-refractivity contribution in [3.8, 4) is 27.7 Å². The number of ether oxygens (including phenoxy) is 1. The molecule has 0 bridgehead atoms. The number of fused-ring (bicyclic) bond motifs is 1. The molecule has 0 aliphatic carbocycles. The molecule has 0 radical (unpaired) electrons. The van der Waals surface area contributed by atoms with Crippen molar-refractivity contribution < 1.29 is 32.9 Å². The van der Waals surface area contributed by atoms with Gasteiger partial charge in [0.2, 0.25) is 0 Å². The van der Waals surface area contributed by atoms with E-state index in [1.807, 2.05) is 0 Å². The number of nitrogens with zero attached hydrogens (tertiary/aromatic N) is 1. The number of thiophene rings is 1. The van der Waals surface area contributed by atoms with Crippen LogP contribution >= 0.6 is 11.3 Å². The Morgan fingerprint density at radius 2 is 1.64 bits per heavy atom. The predicted octanol–water partition coefficient (Wildman–Crippen LogP) is 6.23. The molecule has 36 heavy (non-hydrogen) atoms. The molecule has 0 amide bonds. The first-order valence-electron chi connectivity index (χ1n) is 11.3. The molecule has 1 saturated heterocycles. The van der Waals surface area contributed by atoms with Crippen molar-refractivity contribution in [3.05, 3.63) is 77.9 Å². The smallest absolute Gasteiger partial charge is 0.390 e. The number of carbonyl (C=O) groups excluding carboxylic acids is 1. The van der Waals surface area contributed by atoms with Gasteiger partial charge in [-0.1, -0.05) is 0 Å². The van der Waals surface area contributed by atoms with E-state index in [4.69, 9.17) is 4.74 Å². The van der Waals surface area contributed by atoms with Gasteiger partial charge < -0.3 is 14.9 Å². The van der Waals surface area contributed by atoms with Gasteiger partial charge in [0, 0.05) is 45.7 Å². The number of hydrogen-bond donors (Lipinski definition) is 2. The Balaban J connectivity index is 1.34. The molecular formula is C27H22F3NO4S. The van der Waals surface area contributed by atoms with Gasteiger partial charge in [0.1, 0.15) is 23.4 Å². The Labute approximate surface area is 209 Å². The zero-order chi connectivity index (χ0) is 25.4. The van der Waals surface area contributed by atoms with Gasteiger partial charge in [-0.2, -0.15) is 13.2 Å². The van der Waals surface area contributed by atoms with Gasteiger partial charge >= 0.3 is 6.18 Å². The zero-order valence-electron chi connectivity index (χ0n) is 19.0. The second-order valence-corrected chi connectivity index (χ2v) is 9.80. The van der Waals surface area contributed by atoms with E-state index in [0.717, 1.165) is 20.5 Å². The second kappa shape index (κ2) is 9.48. The van der Waals surface area contributed by atoms with Gasteiger partial charge in [0.05, 0.1) is 6.42 Å². The molecule has 186 valence electrons. The van der Waals surface area contributed by atoms with Crippen molar-refractivity contribution in [2.24, 2.45) is 0 Å². The number of halogens is 3. The first kappa shape index (κ1) is 24.1. The van der Waals surface area contributed by atoms with E-state index in [-0.39, 0.29) is 29.9 Å². The van der Waals surface area contributed by atoms with Crippen LogP contribution < -0.4 is 4.74 Å². The lowest BCUT2D eigenvalue weighted by Crippen LogP contribution is -2.54. The molecule has 0 saturated carbocycles. The van der Waals surface area contributed by atoms with Crippen LogP contribution in [0, 0.1) is 0 Å². The predicted molar refractivity (Wildman–Crippen MR) is 132 cm³/mol. The maximum atomic E-state index is 13.6. The fraction of sp³-hybridized carbons (Fsp3) is 0.222. The number of likely N-dealkylation sites (tertiary alicyclic amines) is 1. The molecular weight excluding hydrogens is 491 g/mol. The summed E-state index contributed by atoms with van der Waals surface area (Å²) in [6, 6.07) is 18.2. The molecule has 5 rings (SSSR count). The van der Waals surface area contributed by atoms with Crippen LogP contribution in [0.3, 0.4) is 0 Å². The van der Waals surface area contributed by atoms with E-state index in [9.17, 15) is 28.2 Å². The third-order valence-corrected chi connectivity index (χ3v) is 7.29. The lowest BCUT2D eigenvalue weighted by molar-refractivity contribution is -0.142. The number of aromatic hydroxyl groups is 2. The summed E-state index contributed by atoms with van der Waals surface area (Å²) >= 11 is 1.39. The van der Waals surface area contributed by atoms with Crippen LogP contribution in [0.25, 0.3) is 20.5 Å². The molecule has 0 unspecified atom stereocenters. The van der Waals surface area contributed by atoms with Crippen LogP contribution in [0.5, 0.6) is 17.2 Å². The Hall–Kier alpha value is -3.56. The monoisotopic (exact) mass is 513 g/mol. The van der Waals surface area contributed by atoms with E-state index >= 15 is 0 Å². The number of benzene rings is 3. The van der Waals surface area contributed by atoms with Gasteiger partial charge in [-0.25, -0.2) is 0 Å². The van der Waals surface area contributed by atoms with Crippen molar-refractivity contribution in [1.29, 1.82) is 0 Å². The van der Waals surface area contributed by atoms with Crippen molar-refractivity contribution in [1.82, 2.24) is 4.90 Å². The quantitative estimate of drug-likeness (QED) is 0.287. The molecule has 9 heteroatoms. The first-order valence-corrected chi connectivity index (χ1v) is 12.1. The highest BCUT2D eigenvalue weighted by atomic mass is 32.1. The Morgan fingerprint density at radius 1 is 0.972 bits per heavy atom. The van der Waals surface area contributed by atoms with E-state index < -0.39 is 12.6 Å². The van der Waals surface area contributed by atoms with Crippen LogP contribution in [-0.4, -0.2) is 52.8 Å². The van der Waals surface area contributed by atoms with Gasteiger partial charge in [0.25, 0.3) is 0 Å². The molecule has 4 aromatic rings. The number of hydrogen-bond acceptors (Lipinski definition) is 6. The van der Waals surface area contributed by atoms with E-state index in [0.29, 0.717) is 30.0 Å². The summed E-state index contributed by atoms with van der Waals surface area (Å²) in [6.07, 6.45) is -5.18. The number of phenolic OH excluding ortho intramolecular Hbond substituents is 2. The number of rotatable bonds is 7. The number of phenols is 2. The molecule has 2 heterocycles. The Bertz CT molecular complexity index is 1390. The van der Waals surface area contributed by atoms with E-state index in [2.05, 4.69) is 0 Å². The highest BCUT2D eigenvalue weighted by molar-refractivity contribution is 7.22. The molecule has 1 fully saturated rings. The molecule has 2 N–H and O–H groups in total. The topological polar surface area (TPSA) is 70.0 Å². The standard InChI is InChI=1S/C27H22F3NO4S/c28-27(29,30)11-12-31-14-21(15-31)35-20-8-3-16(4-9-20)25(34)24-22-10-7-19(33)13-23(22)36-26(24)17-1-5-18(32)6-2-17/h1-10,13,21,32-33H,11-12,14-15H2. The Morgan fingerprint density at radius 3 is 2.31 bits per heavy atom. The molecule has 1 aromatic heterocycles. The van der Waals surface area contributed by atoms with Crippen LogP contribution in [0.4, 0.5) is 13.2 Å². The van der Waals surface area contributed by atoms with E-state index in [1.165, 1.54) is 11.3 Å². The highest BCUT2D eigenvalue weighted by Crippen LogP contribution is 2.41. The van der Waals surface area contributed by atoms with Crippen LogP contribution in [0.15, 0.2) is 66.7 Å². The normalized spacial score (nSPS) is 14.6. The van der Waals surface area contributed by atoms with Crippen molar-refractivity contribution in [3.63, 3.8) is 0 Å². The third kappa shape index (κ3) is 5.17. The summed E-state index contributed by atoms with van der Waals surface area (Å²) in [5.41, 5.74) is 1.74. The van der Waals surface area contributed by atoms with Gasteiger partial charge in [-0.3, -0.25) is 9.69 Å². The number of alkyl halides is 3. The lowest BCUT2D eigenvalue weighted by atomic mass is 9.97. The van der Waals surface area contributed by atoms with Gasteiger partial charge in [0.15, 0.2) is 5.78 Å². The minimum Gasteiger partial charge on any atom is -0.508 e. The Kier molecular flexibility index (Phi) is 6.36. The summed E-state index contributed by atoms with van der Waals surface area (Å²) < 4.78 is 43.7. The SMILES string of the molecule is O=C(c1ccc(OC2CN(CCC(F)(F)F)C2)cc1)c1c(-c2ccc(O)cc2)sc2cc(O)ccc12. The zero-order valence-corrected chi connectivity index (χ0v) is 19.8. The second-order valence-electron chi connectivity index (χ2n) is 8.75. The molecule has 0 spiro atoms. The van der Waals surface area contributed by atoms with Crippen molar-refractivity contribution in [2.45, 2.75) is 18.7 Å². The molecule has 3 aromatic carbocycles. The van der Waals surface area contributed by atoms with Crippen molar-refractivity contribution in [2.75, 3.05) is 19.6 Å². The van der Waals surface area contributed by atoms with E-state index in [1.54, 1.807) is 71.6 Å². The van der Waals surface area contributed by atoms with Crippen LogP contribution in [0.2, 0.25) is 0 Å². The molecule has 5 nitrogen and oxygen atoms in total. The van der Waals surface area contributed by atoms with Gasteiger partial charge in [-0.05, 0) is 72.3 Å². The fourth-order valence-corrected chi connectivity index (χ4v) is 5.45. The first-order chi connectivity index (χ1) is 17.2. The number of carbonyl (C=O) groups is 1. The maximum absolute atomic E-state index is 13.6. The molecule has 1 aliphatic rings. The lowest BCUT2D eigenvalue weighted by Gasteiger charge is -2.39. The molecule has 0 atom stereocenters. The van der Waals surface area contributed by atoms with Gasteiger partial charge in [-0.15, -0.1) is 11.3 Å². The minimum absolute atomic E-state index is 0.0352. The molecule has 1 aliphatic heterocycles. The van der Waals surface area contributed by atoms with Crippen LogP contribution in [-0.2, 0) is 0 Å². The third-order valence-electron chi connectivity index (χ3n) is 6.08.